The maximum absolute atomic E-state index is 5.96. The Hall–Kier alpha value is -0.160. The molecule has 16 heavy (non-hydrogen) atoms. The molecule has 2 saturated heterocycles. The molecule has 2 heterocycles. The highest BCUT2D eigenvalue weighted by Gasteiger charge is 2.45. The van der Waals surface area contributed by atoms with E-state index in [0.717, 1.165) is 18.9 Å². The van der Waals surface area contributed by atoms with E-state index < -0.39 is 0 Å². The lowest BCUT2D eigenvalue weighted by atomic mass is 9.86. The summed E-state index contributed by atoms with van der Waals surface area (Å²) in [6.45, 7) is 1.53. The Balaban J connectivity index is 1.52. The minimum atomic E-state index is -0.168. The molecule has 4 nitrogen and oxygen atoms in total. The maximum Gasteiger partial charge on any atom is 0.184 e. The summed E-state index contributed by atoms with van der Waals surface area (Å²) in [6.07, 6.45) is 5.06. The monoisotopic (exact) mass is 228 g/mol. The molecule has 1 saturated carbocycles. The van der Waals surface area contributed by atoms with Gasteiger partial charge in [-0.25, -0.2) is 0 Å². The summed E-state index contributed by atoms with van der Waals surface area (Å²) in [5, 5.41) is 0. The van der Waals surface area contributed by atoms with Gasteiger partial charge in [0.25, 0.3) is 0 Å². The lowest BCUT2D eigenvalue weighted by molar-refractivity contribution is -0.201. The molecular formula is C12H20O4. The highest BCUT2D eigenvalue weighted by atomic mass is 16.7. The zero-order valence-corrected chi connectivity index (χ0v) is 9.76. The van der Waals surface area contributed by atoms with E-state index >= 15 is 0 Å². The van der Waals surface area contributed by atoms with E-state index in [2.05, 4.69) is 0 Å². The maximum atomic E-state index is 5.96. The number of fused-ring (bicyclic) bond motifs is 2. The second kappa shape index (κ2) is 4.61. The molecule has 2 aliphatic heterocycles. The minimum Gasteiger partial charge on any atom is -0.376 e. The zero-order chi connectivity index (χ0) is 11.0. The van der Waals surface area contributed by atoms with E-state index in [0.29, 0.717) is 6.61 Å². The molecule has 1 aliphatic carbocycles. The van der Waals surface area contributed by atoms with Crippen molar-refractivity contribution in [3.8, 4) is 0 Å². The van der Waals surface area contributed by atoms with Gasteiger partial charge in [0.15, 0.2) is 6.29 Å². The average molecular weight is 228 g/mol. The van der Waals surface area contributed by atoms with Crippen LogP contribution in [0.1, 0.15) is 25.7 Å². The highest BCUT2D eigenvalue weighted by molar-refractivity contribution is 4.88. The van der Waals surface area contributed by atoms with Crippen LogP contribution < -0.4 is 0 Å². The van der Waals surface area contributed by atoms with Crippen LogP contribution >= 0.6 is 0 Å². The number of rotatable bonds is 4. The van der Waals surface area contributed by atoms with E-state index in [-0.39, 0.29) is 24.6 Å². The van der Waals surface area contributed by atoms with Crippen molar-refractivity contribution in [1.82, 2.24) is 0 Å². The quantitative estimate of drug-likeness (QED) is 0.727. The molecule has 3 rings (SSSR count). The Kier molecular flexibility index (Phi) is 3.16. The van der Waals surface area contributed by atoms with Crippen LogP contribution in [0.2, 0.25) is 0 Å². The van der Waals surface area contributed by atoms with Crippen LogP contribution in [0.3, 0.4) is 0 Å². The second-order valence-electron chi connectivity index (χ2n) is 5.05. The molecule has 4 atom stereocenters. The third kappa shape index (κ3) is 1.99. The van der Waals surface area contributed by atoms with Gasteiger partial charge in [-0.05, 0) is 18.8 Å². The van der Waals surface area contributed by atoms with Crippen molar-refractivity contribution in [2.24, 2.45) is 5.92 Å². The molecule has 0 N–H and O–H groups in total. The predicted octanol–water partition coefficient (Wildman–Crippen LogP) is 1.33. The van der Waals surface area contributed by atoms with Crippen molar-refractivity contribution < 1.29 is 18.9 Å². The van der Waals surface area contributed by atoms with Crippen molar-refractivity contribution in [3.63, 3.8) is 0 Å². The van der Waals surface area contributed by atoms with Crippen LogP contribution in [0.25, 0.3) is 0 Å². The molecule has 0 aromatic heterocycles. The number of ether oxygens (including phenoxy) is 4. The lowest BCUT2D eigenvalue weighted by Crippen LogP contribution is -2.44. The molecule has 0 radical (unpaired) electrons. The lowest BCUT2D eigenvalue weighted by Gasteiger charge is -2.34. The summed E-state index contributed by atoms with van der Waals surface area (Å²) in [7, 11) is 1.71. The third-order valence-electron chi connectivity index (χ3n) is 3.99. The van der Waals surface area contributed by atoms with Gasteiger partial charge in [0.2, 0.25) is 0 Å². The van der Waals surface area contributed by atoms with Gasteiger partial charge in [-0.15, -0.1) is 0 Å². The summed E-state index contributed by atoms with van der Waals surface area (Å²) in [6, 6.07) is 0. The van der Waals surface area contributed by atoms with E-state index in [1.807, 2.05) is 0 Å². The van der Waals surface area contributed by atoms with Crippen molar-refractivity contribution in [2.45, 2.75) is 50.3 Å². The molecule has 92 valence electrons. The molecule has 0 aromatic rings. The van der Waals surface area contributed by atoms with Gasteiger partial charge in [0.05, 0.1) is 12.7 Å². The first-order valence-electron chi connectivity index (χ1n) is 6.28. The summed E-state index contributed by atoms with van der Waals surface area (Å²) in [5.41, 5.74) is 0. The first kappa shape index (κ1) is 11.0. The van der Waals surface area contributed by atoms with Crippen molar-refractivity contribution in [3.05, 3.63) is 0 Å². The van der Waals surface area contributed by atoms with E-state index in [1.54, 1.807) is 7.11 Å². The fourth-order valence-corrected chi connectivity index (χ4v) is 2.62. The summed E-state index contributed by atoms with van der Waals surface area (Å²) in [5.74, 6) is 0.779. The van der Waals surface area contributed by atoms with Crippen molar-refractivity contribution >= 4 is 0 Å². The smallest absolute Gasteiger partial charge is 0.184 e. The van der Waals surface area contributed by atoms with Gasteiger partial charge in [0, 0.05) is 20.1 Å². The van der Waals surface area contributed by atoms with Crippen LogP contribution in [0.15, 0.2) is 0 Å². The van der Waals surface area contributed by atoms with Crippen LogP contribution in [-0.2, 0) is 18.9 Å². The Morgan fingerprint density at radius 3 is 2.81 bits per heavy atom. The fourth-order valence-electron chi connectivity index (χ4n) is 2.62. The van der Waals surface area contributed by atoms with Crippen LogP contribution in [0.5, 0.6) is 0 Å². The molecular weight excluding hydrogens is 208 g/mol. The highest BCUT2D eigenvalue weighted by Crippen LogP contribution is 2.33. The van der Waals surface area contributed by atoms with Crippen LogP contribution in [-0.4, -0.2) is 44.9 Å². The van der Waals surface area contributed by atoms with Crippen molar-refractivity contribution in [1.29, 1.82) is 0 Å². The molecule has 0 amide bonds. The van der Waals surface area contributed by atoms with Gasteiger partial charge in [-0.1, -0.05) is 6.42 Å². The molecule has 2 bridgehead atoms. The van der Waals surface area contributed by atoms with Gasteiger partial charge in [0.1, 0.15) is 12.2 Å². The Morgan fingerprint density at radius 2 is 2.12 bits per heavy atom. The van der Waals surface area contributed by atoms with Gasteiger partial charge in [-0.2, -0.15) is 0 Å². The first-order valence-corrected chi connectivity index (χ1v) is 6.28. The topological polar surface area (TPSA) is 36.9 Å². The SMILES string of the molecule is CO[C@@H]1C[C@H](OCC2CCC2)[C@H]2CO[C@@H]1O2. The fraction of sp³-hybridized carbons (Fsp3) is 1.00. The number of hydrogen-bond donors (Lipinski definition) is 0. The first-order chi connectivity index (χ1) is 7.86. The third-order valence-corrected chi connectivity index (χ3v) is 3.99. The predicted molar refractivity (Wildman–Crippen MR) is 57.1 cm³/mol. The van der Waals surface area contributed by atoms with Crippen LogP contribution in [0, 0.1) is 5.92 Å². The zero-order valence-electron chi connectivity index (χ0n) is 9.76. The van der Waals surface area contributed by atoms with Crippen LogP contribution in [0.4, 0.5) is 0 Å². The number of hydrogen-bond acceptors (Lipinski definition) is 4. The molecule has 0 unspecified atom stereocenters. The molecule has 0 aromatic carbocycles. The second-order valence-corrected chi connectivity index (χ2v) is 5.05. The molecule has 3 fully saturated rings. The molecule has 0 spiro atoms. The largest absolute Gasteiger partial charge is 0.376 e. The summed E-state index contributed by atoms with van der Waals surface area (Å²) in [4.78, 5) is 0. The van der Waals surface area contributed by atoms with E-state index in [1.165, 1.54) is 19.3 Å². The Morgan fingerprint density at radius 1 is 1.25 bits per heavy atom. The Bertz CT molecular complexity index is 241. The van der Waals surface area contributed by atoms with Gasteiger partial charge in [-0.3, -0.25) is 0 Å². The summed E-state index contributed by atoms with van der Waals surface area (Å²) < 4.78 is 22.6. The number of methoxy groups -OCH3 is 1. The molecule has 3 aliphatic rings. The standard InChI is InChI=1S/C12H20O4/c1-13-10-5-9(11-7-15-12(10)16-11)14-6-8-3-2-4-8/h8-12H,2-7H2,1H3/t9-,10+,11+,12+/m0/s1. The Labute approximate surface area is 96.2 Å². The van der Waals surface area contributed by atoms with Gasteiger partial charge < -0.3 is 18.9 Å². The van der Waals surface area contributed by atoms with Crippen molar-refractivity contribution in [2.75, 3.05) is 20.3 Å². The average Bonchev–Trinajstić information content (AvgIpc) is 2.64. The van der Waals surface area contributed by atoms with E-state index in [4.69, 9.17) is 18.9 Å². The van der Waals surface area contributed by atoms with Gasteiger partial charge >= 0.3 is 0 Å². The minimum absolute atomic E-state index is 0.0325. The van der Waals surface area contributed by atoms with E-state index in [9.17, 15) is 0 Å². The summed E-state index contributed by atoms with van der Waals surface area (Å²) >= 11 is 0. The molecule has 4 heteroatoms. The normalized spacial score (nSPS) is 43.3.